The van der Waals surface area contributed by atoms with E-state index in [0.29, 0.717) is 38.3 Å². The van der Waals surface area contributed by atoms with E-state index in [-0.39, 0.29) is 11.4 Å². The Balaban J connectivity index is 1.71. The van der Waals surface area contributed by atoms with E-state index in [9.17, 15) is 0 Å². The van der Waals surface area contributed by atoms with Crippen molar-refractivity contribution in [2.75, 3.05) is 51.2 Å². The van der Waals surface area contributed by atoms with E-state index >= 15 is 0 Å². The highest BCUT2D eigenvalue weighted by atomic mass is 35.5. The number of rotatable bonds is 4. The first-order valence-electron chi connectivity index (χ1n) is 10.3. The van der Waals surface area contributed by atoms with Crippen LogP contribution in [0.2, 0.25) is 10.0 Å². The summed E-state index contributed by atoms with van der Waals surface area (Å²) < 4.78 is 16.6. The number of anilines is 2. The van der Waals surface area contributed by atoms with Gasteiger partial charge in [-0.05, 0) is 18.9 Å². The summed E-state index contributed by atoms with van der Waals surface area (Å²) in [6, 6.07) is 3.51. The Labute approximate surface area is 195 Å². The van der Waals surface area contributed by atoms with E-state index in [1.165, 1.54) is 0 Å². The summed E-state index contributed by atoms with van der Waals surface area (Å²) in [5.41, 5.74) is 7.87. The number of hydrogen-bond acceptors (Lipinski definition) is 8. The molecule has 2 N–H and O–H groups in total. The highest BCUT2D eigenvalue weighted by Crippen LogP contribution is 2.47. The molecule has 3 aromatic rings. The van der Waals surface area contributed by atoms with E-state index in [1.54, 1.807) is 26.5 Å². The number of methoxy groups -OCH3 is 2. The largest absolute Gasteiger partial charge is 0.495 e. The van der Waals surface area contributed by atoms with Crippen molar-refractivity contribution in [3.63, 3.8) is 0 Å². The smallest absolute Gasteiger partial charge is 0.220 e. The summed E-state index contributed by atoms with van der Waals surface area (Å²) in [7, 11) is 3.09. The van der Waals surface area contributed by atoms with Crippen LogP contribution in [0.1, 0.15) is 12.8 Å². The number of benzene rings is 1. The van der Waals surface area contributed by atoms with Crippen molar-refractivity contribution >= 4 is 45.9 Å². The van der Waals surface area contributed by atoms with Crippen LogP contribution in [0.15, 0.2) is 18.3 Å². The van der Waals surface area contributed by atoms with Gasteiger partial charge in [-0.3, -0.25) is 0 Å². The molecule has 32 heavy (non-hydrogen) atoms. The first-order chi connectivity index (χ1) is 15.4. The van der Waals surface area contributed by atoms with Gasteiger partial charge in [-0.2, -0.15) is 0 Å². The summed E-state index contributed by atoms with van der Waals surface area (Å²) in [5.74, 6) is 1.82. The van der Waals surface area contributed by atoms with E-state index in [1.807, 2.05) is 6.07 Å². The monoisotopic (exact) mass is 475 g/mol. The van der Waals surface area contributed by atoms with Gasteiger partial charge in [0.2, 0.25) is 5.95 Å². The molecule has 2 aliphatic rings. The molecule has 2 fully saturated rings. The standard InChI is InChI=1S/C22H23Cl2N5O3/c1-30-14-8-15(31-2)18(24)16(17(14)23)13-7-12-9-26-21(25)28-19(12)20(27-13)29-5-3-22(10-29)4-6-32-11-22/h7-9H,3-6,10-11H2,1-2H3,(H2,25,26,28). The zero-order valence-electron chi connectivity index (χ0n) is 17.8. The van der Waals surface area contributed by atoms with Crippen LogP contribution in [0, 0.1) is 5.41 Å². The second-order valence-electron chi connectivity index (χ2n) is 8.26. The lowest BCUT2D eigenvalue weighted by Crippen LogP contribution is -2.28. The van der Waals surface area contributed by atoms with Crippen LogP contribution in [0.4, 0.5) is 11.8 Å². The van der Waals surface area contributed by atoms with E-state index in [0.717, 1.165) is 50.3 Å². The van der Waals surface area contributed by atoms with Gasteiger partial charge in [-0.15, -0.1) is 0 Å². The third-order valence-corrected chi connectivity index (χ3v) is 7.07. The minimum atomic E-state index is 0.150. The summed E-state index contributed by atoms with van der Waals surface area (Å²) in [4.78, 5) is 15.9. The minimum absolute atomic E-state index is 0.150. The molecule has 0 radical (unpaired) electrons. The molecular weight excluding hydrogens is 453 g/mol. The second-order valence-corrected chi connectivity index (χ2v) is 9.01. The van der Waals surface area contributed by atoms with Crippen molar-refractivity contribution in [2.45, 2.75) is 12.8 Å². The van der Waals surface area contributed by atoms with Gasteiger partial charge in [-0.25, -0.2) is 15.0 Å². The summed E-state index contributed by atoms with van der Waals surface area (Å²) in [6.45, 7) is 3.25. The molecule has 0 amide bonds. The van der Waals surface area contributed by atoms with Crippen molar-refractivity contribution in [1.82, 2.24) is 15.0 Å². The molecule has 10 heteroatoms. The van der Waals surface area contributed by atoms with Gasteiger partial charge in [0.1, 0.15) is 17.0 Å². The molecule has 1 aromatic carbocycles. The fraction of sp³-hybridized carbons (Fsp3) is 0.409. The number of nitrogen functional groups attached to an aromatic ring is 1. The molecule has 1 unspecified atom stereocenters. The number of aromatic nitrogens is 3. The molecule has 0 aliphatic carbocycles. The van der Waals surface area contributed by atoms with Crippen molar-refractivity contribution in [1.29, 1.82) is 0 Å². The Morgan fingerprint density at radius 3 is 2.50 bits per heavy atom. The van der Waals surface area contributed by atoms with Gasteiger partial charge in [0, 0.05) is 48.3 Å². The maximum Gasteiger partial charge on any atom is 0.220 e. The predicted octanol–water partition coefficient (Wildman–Crippen LogP) is 4.21. The topological polar surface area (TPSA) is 95.6 Å². The zero-order chi connectivity index (χ0) is 22.5. The van der Waals surface area contributed by atoms with E-state index in [4.69, 9.17) is 48.1 Å². The van der Waals surface area contributed by atoms with Crippen molar-refractivity contribution in [3.05, 3.63) is 28.4 Å². The van der Waals surface area contributed by atoms with Crippen LogP contribution in [0.25, 0.3) is 22.2 Å². The molecule has 168 valence electrons. The SMILES string of the molecule is COc1cc(OC)c(Cl)c(-c2cc3cnc(N)nc3c(N3CCC4(CCOC4)C3)n2)c1Cl. The molecule has 4 heterocycles. The number of nitrogens with two attached hydrogens (primary N) is 1. The van der Waals surface area contributed by atoms with E-state index < -0.39 is 0 Å². The summed E-state index contributed by atoms with van der Waals surface area (Å²) in [5, 5.41) is 1.50. The highest BCUT2D eigenvalue weighted by molar-refractivity contribution is 6.41. The second kappa shape index (κ2) is 8.10. The molecule has 0 saturated carbocycles. The Hall–Kier alpha value is -2.55. The fourth-order valence-electron chi connectivity index (χ4n) is 4.58. The summed E-state index contributed by atoms with van der Waals surface area (Å²) >= 11 is 13.4. The van der Waals surface area contributed by atoms with Crippen LogP contribution in [0.5, 0.6) is 11.5 Å². The number of halogens is 2. The van der Waals surface area contributed by atoms with Gasteiger partial charge in [-0.1, -0.05) is 23.2 Å². The van der Waals surface area contributed by atoms with Crippen LogP contribution >= 0.6 is 23.2 Å². The third kappa shape index (κ3) is 3.46. The molecule has 5 rings (SSSR count). The van der Waals surface area contributed by atoms with Gasteiger partial charge < -0.3 is 24.8 Å². The highest BCUT2D eigenvalue weighted by Gasteiger charge is 2.42. The minimum Gasteiger partial charge on any atom is -0.495 e. The van der Waals surface area contributed by atoms with Gasteiger partial charge in [0.05, 0.1) is 36.6 Å². The van der Waals surface area contributed by atoms with Crippen molar-refractivity contribution in [2.24, 2.45) is 5.41 Å². The van der Waals surface area contributed by atoms with Gasteiger partial charge >= 0.3 is 0 Å². The Bertz CT molecular complexity index is 1170. The lowest BCUT2D eigenvalue weighted by atomic mass is 9.87. The Morgan fingerprint density at radius 1 is 1.09 bits per heavy atom. The number of pyridine rings is 1. The van der Waals surface area contributed by atoms with Gasteiger partial charge in [0.25, 0.3) is 0 Å². The normalized spacial score (nSPS) is 20.4. The van der Waals surface area contributed by atoms with Crippen LogP contribution < -0.4 is 20.1 Å². The molecular formula is C22H23Cl2N5O3. The van der Waals surface area contributed by atoms with Crippen LogP contribution in [-0.2, 0) is 4.74 Å². The summed E-state index contributed by atoms with van der Waals surface area (Å²) in [6.07, 6.45) is 3.77. The molecule has 1 spiro atoms. The third-order valence-electron chi connectivity index (χ3n) is 6.32. The molecule has 2 saturated heterocycles. The maximum atomic E-state index is 6.68. The lowest BCUT2D eigenvalue weighted by Gasteiger charge is -2.24. The van der Waals surface area contributed by atoms with Crippen molar-refractivity contribution in [3.8, 4) is 22.8 Å². The Morgan fingerprint density at radius 2 is 1.84 bits per heavy atom. The number of nitrogens with zero attached hydrogens (tertiary/aromatic N) is 4. The average Bonchev–Trinajstić information content (AvgIpc) is 3.43. The Kier molecular flexibility index (Phi) is 5.39. The predicted molar refractivity (Wildman–Crippen MR) is 125 cm³/mol. The van der Waals surface area contributed by atoms with Crippen LogP contribution in [-0.4, -0.2) is 55.5 Å². The fourth-order valence-corrected chi connectivity index (χ4v) is 5.28. The molecule has 2 aliphatic heterocycles. The zero-order valence-corrected chi connectivity index (χ0v) is 19.3. The first-order valence-corrected chi connectivity index (χ1v) is 11.1. The number of hydrogen-bond donors (Lipinski definition) is 1. The quantitative estimate of drug-likeness (QED) is 0.598. The number of fused-ring (bicyclic) bond motifs is 1. The molecule has 1 atom stereocenters. The molecule has 0 bridgehead atoms. The average molecular weight is 476 g/mol. The van der Waals surface area contributed by atoms with E-state index in [2.05, 4.69) is 14.9 Å². The lowest BCUT2D eigenvalue weighted by molar-refractivity contribution is 0.160. The van der Waals surface area contributed by atoms with Crippen LogP contribution in [0.3, 0.4) is 0 Å². The maximum absolute atomic E-state index is 6.68. The van der Waals surface area contributed by atoms with Gasteiger partial charge in [0.15, 0.2) is 5.82 Å². The molecule has 8 nitrogen and oxygen atoms in total. The van der Waals surface area contributed by atoms with Crippen molar-refractivity contribution < 1.29 is 14.2 Å². The molecule has 2 aromatic heterocycles. The first kappa shape index (κ1) is 21.3. The number of ether oxygens (including phenoxy) is 3.